The molecular formula is C20H24N2O. The standard InChI is InChI=1S/C20H24N2O/c1-21-9-6-18(14-20(21)23)15-7-10-22(11-8-15)19-12-16-4-2-3-5-17(16)13-19/h2-6,9,14-15,19H,7-8,10-13H2,1H3. The summed E-state index contributed by atoms with van der Waals surface area (Å²) in [5.74, 6) is 0.545. The number of rotatable bonds is 2. The van der Waals surface area contributed by atoms with Crippen LogP contribution in [0.2, 0.25) is 0 Å². The Hall–Kier alpha value is -1.87. The number of aromatic nitrogens is 1. The van der Waals surface area contributed by atoms with Crippen LogP contribution in [0.1, 0.15) is 35.4 Å². The number of aryl methyl sites for hydroxylation is 1. The van der Waals surface area contributed by atoms with Gasteiger partial charge < -0.3 is 4.57 Å². The highest BCUT2D eigenvalue weighted by Crippen LogP contribution is 2.32. The van der Waals surface area contributed by atoms with Crippen LogP contribution in [0.15, 0.2) is 47.4 Å². The van der Waals surface area contributed by atoms with Crippen molar-refractivity contribution in [3.63, 3.8) is 0 Å². The second-order valence-corrected chi connectivity index (χ2v) is 7.05. The lowest BCUT2D eigenvalue weighted by Gasteiger charge is -2.36. The predicted octanol–water partition coefficient (Wildman–Crippen LogP) is 2.73. The molecule has 0 radical (unpaired) electrons. The summed E-state index contributed by atoms with van der Waals surface area (Å²) in [6.45, 7) is 2.30. The first-order valence-corrected chi connectivity index (χ1v) is 8.68. The average Bonchev–Trinajstić information content (AvgIpc) is 3.02. The third-order valence-electron chi connectivity index (χ3n) is 5.68. The lowest BCUT2D eigenvalue weighted by molar-refractivity contribution is 0.156. The van der Waals surface area contributed by atoms with E-state index in [0.717, 1.165) is 13.1 Å². The van der Waals surface area contributed by atoms with Gasteiger partial charge in [-0.1, -0.05) is 24.3 Å². The minimum Gasteiger partial charge on any atom is -0.319 e. The van der Waals surface area contributed by atoms with Gasteiger partial charge in [-0.2, -0.15) is 0 Å². The first kappa shape index (κ1) is 14.7. The average molecular weight is 308 g/mol. The maximum atomic E-state index is 11.8. The molecule has 23 heavy (non-hydrogen) atoms. The van der Waals surface area contributed by atoms with Gasteiger partial charge in [0.15, 0.2) is 0 Å². The van der Waals surface area contributed by atoms with Crippen LogP contribution in [0.3, 0.4) is 0 Å². The summed E-state index contributed by atoms with van der Waals surface area (Å²) in [6.07, 6.45) is 6.64. The van der Waals surface area contributed by atoms with E-state index >= 15 is 0 Å². The fourth-order valence-electron chi connectivity index (χ4n) is 4.21. The molecule has 0 N–H and O–H groups in total. The summed E-state index contributed by atoms with van der Waals surface area (Å²) in [6, 6.07) is 13.5. The van der Waals surface area contributed by atoms with Crippen LogP contribution in [0.5, 0.6) is 0 Å². The molecule has 1 saturated heterocycles. The van der Waals surface area contributed by atoms with Crippen LogP contribution in [0, 0.1) is 0 Å². The van der Waals surface area contributed by atoms with Gasteiger partial charge in [0, 0.05) is 25.4 Å². The molecular weight excluding hydrogens is 284 g/mol. The van der Waals surface area contributed by atoms with Crippen molar-refractivity contribution in [1.29, 1.82) is 0 Å². The Morgan fingerprint density at radius 3 is 2.26 bits per heavy atom. The van der Waals surface area contributed by atoms with Crippen molar-refractivity contribution in [2.45, 2.75) is 37.6 Å². The highest BCUT2D eigenvalue weighted by atomic mass is 16.1. The van der Waals surface area contributed by atoms with Crippen molar-refractivity contribution in [2.75, 3.05) is 13.1 Å². The van der Waals surface area contributed by atoms with Crippen LogP contribution < -0.4 is 5.56 Å². The number of likely N-dealkylation sites (tertiary alicyclic amines) is 1. The zero-order valence-corrected chi connectivity index (χ0v) is 13.7. The molecule has 1 aliphatic carbocycles. The SMILES string of the molecule is Cn1ccc(C2CCN(C3Cc4ccccc4C3)CC2)cc1=O. The van der Waals surface area contributed by atoms with Gasteiger partial charge in [-0.25, -0.2) is 0 Å². The zero-order chi connectivity index (χ0) is 15.8. The van der Waals surface area contributed by atoms with E-state index in [1.165, 1.54) is 42.4 Å². The molecule has 0 atom stereocenters. The van der Waals surface area contributed by atoms with Crippen LogP contribution in [-0.4, -0.2) is 28.6 Å². The molecule has 3 nitrogen and oxygen atoms in total. The number of hydrogen-bond acceptors (Lipinski definition) is 2. The molecule has 0 saturated carbocycles. The number of hydrogen-bond donors (Lipinski definition) is 0. The van der Waals surface area contributed by atoms with Crippen LogP contribution >= 0.6 is 0 Å². The highest BCUT2D eigenvalue weighted by Gasteiger charge is 2.30. The molecule has 3 heteroatoms. The van der Waals surface area contributed by atoms with Crippen molar-refractivity contribution in [1.82, 2.24) is 9.47 Å². The fraction of sp³-hybridized carbons (Fsp3) is 0.450. The zero-order valence-electron chi connectivity index (χ0n) is 13.7. The molecule has 0 bridgehead atoms. The van der Waals surface area contributed by atoms with E-state index in [4.69, 9.17) is 0 Å². The second kappa shape index (κ2) is 5.97. The molecule has 0 spiro atoms. The molecule has 1 aromatic heterocycles. The van der Waals surface area contributed by atoms with E-state index in [0.29, 0.717) is 12.0 Å². The number of piperidine rings is 1. The predicted molar refractivity (Wildman–Crippen MR) is 92.9 cm³/mol. The van der Waals surface area contributed by atoms with E-state index in [2.05, 4.69) is 35.2 Å². The number of fused-ring (bicyclic) bond motifs is 1. The smallest absolute Gasteiger partial charge is 0.250 e. The van der Waals surface area contributed by atoms with Crippen molar-refractivity contribution >= 4 is 0 Å². The Kier molecular flexibility index (Phi) is 3.82. The molecule has 0 amide bonds. The molecule has 2 aromatic rings. The lowest BCUT2D eigenvalue weighted by Crippen LogP contribution is -2.41. The summed E-state index contributed by atoms with van der Waals surface area (Å²) in [4.78, 5) is 14.5. The minimum atomic E-state index is 0.108. The van der Waals surface area contributed by atoms with E-state index in [9.17, 15) is 4.79 Å². The molecule has 0 unspecified atom stereocenters. The third kappa shape index (κ3) is 2.86. The monoisotopic (exact) mass is 308 g/mol. The van der Waals surface area contributed by atoms with Crippen LogP contribution in [0.4, 0.5) is 0 Å². The Morgan fingerprint density at radius 2 is 1.65 bits per heavy atom. The topological polar surface area (TPSA) is 25.2 Å². The highest BCUT2D eigenvalue weighted by molar-refractivity contribution is 5.33. The van der Waals surface area contributed by atoms with E-state index in [1.54, 1.807) is 4.57 Å². The van der Waals surface area contributed by atoms with Crippen molar-refractivity contribution in [2.24, 2.45) is 7.05 Å². The van der Waals surface area contributed by atoms with Gasteiger partial charge in [0.25, 0.3) is 5.56 Å². The summed E-state index contributed by atoms with van der Waals surface area (Å²) >= 11 is 0. The molecule has 1 aliphatic heterocycles. The molecule has 1 fully saturated rings. The Bertz CT molecular complexity index is 731. The summed E-state index contributed by atoms with van der Waals surface area (Å²) < 4.78 is 1.65. The molecule has 2 heterocycles. The third-order valence-corrected chi connectivity index (χ3v) is 5.68. The number of benzene rings is 1. The van der Waals surface area contributed by atoms with Gasteiger partial charge in [0.2, 0.25) is 0 Å². The van der Waals surface area contributed by atoms with Gasteiger partial charge in [-0.3, -0.25) is 9.69 Å². The molecule has 2 aliphatic rings. The minimum absolute atomic E-state index is 0.108. The summed E-state index contributed by atoms with van der Waals surface area (Å²) in [5, 5.41) is 0. The van der Waals surface area contributed by atoms with Gasteiger partial charge in [0.05, 0.1) is 0 Å². The van der Waals surface area contributed by atoms with Crippen LogP contribution in [-0.2, 0) is 19.9 Å². The van der Waals surface area contributed by atoms with Gasteiger partial charge in [-0.05, 0) is 67.4 Å². The van der Waals surface area contributed by atoms with E-state index < -0.39 is 0 Å². The van der Waals surface area contributed by atoms with E-state index in [-0.39, 0.29) is 5.56 Å². The largest absolute Gasteiger partial charge is 0.319 e. The molecule has 1 aromatic carbocycles. The van der Waals surface area contributed by atoms with Gasteiger partial charge in [-0.15, -0.1) is 0 Å². The van der Waals surface area contributed by atoms with Gasteiger partial charge >= 0.3 is 0 Å². The maximum absolute atomic E-state index is 11.8. The quantitative estimate of drug-likeness (QED) is 0.852. The van der Waals surface area contributed by atoms with Crippen molar-refractivity contribution in [3.8, 4) is 0 Å². The first-order chi connectivity index (χ1) is 11.2. The molecule has 120 valence electrons. The van der Waals surface area contributed by atoms with Crippen molar-refractivity contribution < 1.29 is 0 Å². The Labute approximate surface area is 137 Å². The fourth-order valence-corrected chi connectivity index (χ4v) is 4.21. The summed E-state index contributed by atoms with van der Waals surface area (Å²) in [5.41, 5.74) is 4.40. The Balaban J connectivity index is 1.40. The second-order valence-electron chi connectivity index (χ2n) is 7.05. The van der Waals surface area contributed by atoms with Gasteiger partial charge in [0.1, 0.15) is 0 Å². The number of pyridine rings is 1. The normalized spacial score (nSPS) is 19.9. The van der Waals surface area contributed by atoms with Crippen molar-refractivity contribution in [3.05, 3.63) is 69.6 Å². The Morgan fingerprint density at radius 1 is 1.00 bits per heavy atom. The molecule has 4 rings (SSSR count). The summed E-state index contributed by atoms with van der Waals surface area (Å²) in [7, 11) is 1.81. The van der Waals surface area contributed by atoms with E-state index in [1.807, 2.05) is 19.3 Å². The maximum Gasteiger partial charge on any atom is 0.250 e. The lowest BCUT2D eigenvalue weighted by atomic mass is 9.89. The number of nitrogens with zero attached hydrogens (tertiary/aromatic N) is 2. The first-order valence-electron chi connectivity index (χ1n) is 8.68. The van der Waals surface area contributed by atoms with Crippen LogP contribution in [0.25, 0.3) is 0 Å².